The van der Waals surface area contributed by atoms with Gasteiger partial charge in [0.1, 0.15) is 0 Å². The Balaban J connectivity index is 1.58. The Morgan fingerprint density at radius 2 is 1.96 bits per heavy atom. The predicted octanol–water partition coefficient (Wildman–Crippen LogP) is 5.10. The van der Waals surface area contributed by atoms with E-state index in [1.807, 2.05) is 0 Å². The summed E-state index contributed by atoms with van der Waals surface area (Å²) in [5, 5.41) is 13.5. The van der Waals surface area contributed by atoms with Crippen LogP contribution in [0.1, 0.15) is 37.3 Å². The van der Waals surface area contributed by atoms with E-state index in [1.54, 1.807) is 11.8 Å². The van der Waals surface area contributed by atoms with E-state index in [-0.39, 0.29) is 12.1 Å². The number of aliphatic hydroxyl groups is 1. The summed E-state index contributed by atoms with van der Waals surface area (Å²) >= 11 is 8.26. The fourth-order valence-corrected chi connectivity index (χ4v) is 4.38. The topological polar surface area (TPSA) is 42.2 Å². The first-order valence-corrected chi connectivity index (χ1v) is 10.2. The zero-order valence-electron chi connectivity index (χ0n) is 14.7. The van der Waals surface area contributed by atoms with Crippen molar-refractivity contribution in [2.75, 3.05) is 13.2 Å². The zero-order valence-corrected chi connectivity index (χ0v) is 16.3. The van der Waals surface area contributed by atoms with Crippen LogP contribution in [0, 0.1) is 0 Å². The van der Waals surface area contributed by atoms with E-state index >= 15 is 0 Å². The Hall–Kier alpha value is -1.00. The van der Waals surface area contributed by atoms with Gasteiger partial charge in [0, 0.05) is 21.4 Å². The molecular weight excluding hydrogens is 350 g/mol. The molecule has 1 aliphatic rings. The summed E-state index contributed by atoms with van der Waals surface area (Å²) in [6.45, 7) is 3.37. The Morgan fingerprint density at radius 1 is 1.16 bits per heavy atom. The smallest absolute Gasteiger partial charge is 0.0625 e. The van der Waals surface area contributed by atoms with Gasteiger partial charge in [-0.25, -0.2) is 0 Å². The van der Waals surface area contributed by atoms with Crippen molar-refractivity contribution in [3.8, 4) is 0 Å². The van der Waals surface area contributed by atoms with E-state index in [2.05, 4.69) is 54.7 Å². The molecule has 3 rings (SSSR count). The van der Waals surface area contributed by atoms with Gasteiger partial charge in [0.25, 0.3) is 0 Å². The van der Waals surface area contributed by atoms with Gasteiger partial charge in [-0.3, -0.25) is 0 Å². The lowest BCUT2D eigenvalue weighted by Crippen LogP contribution is -2.20. The van der Waals surface area contributed by atoms with Crippen LogP contribution in [-0.4, -0.2) is 23.8 Å². The van der Waals surface area contributed by atoms with Gasteiger partial charge >= 0.3 is 0 Å². The molecule has 0 saturated carbocycles. The third-order valence-electron chi connectivity index (χ3n) is 4.78. The van der Waals surface area contributed by atoms with Crippen LogP contribution in [0.2, 0.25) is 5.02 Å². The number of halogens is 1. The van der Waals surface area contributed by atoms with Crippen molar-refractivity contribution in [3.05, 3.63) is 58.6 Å². The highest BCUT2D eigenvalue weighted by molar-refractivity contribution is 7.99. The minimum atomic E-state index is -0.00816. The van der Waals surface area contributed by atoms with Crippen molar-refractivity contribution < 1.29 is 5.11 Å². The lowest BCUT2D eigenvalue weighted by Gasteiger charge is -2.11. The summed E-state index contributed by atoms with van der Waals surface area (Å²) in [6, 6.07) is 15.1. The molecule has 2 nitrogen and oxygen atoms in total. The first kappa shape index (κ1) is 18.8. The monoisotopic (exact) mass is 375 g/mol. The lowest BCUT2D eigenvalue weighted by molar-refractivity contribution is 0.242. The van der Waals surface area contributed by atoms with Gasteiger partial charge in [0.05, 0.1) is 12.1 Å². The molecule has 4 heteroatoms. The average molecular weight is 376 g/mol. The number of hydrogen-bond acceptors (Lipinski definition) is 3. The summed E-state index contributed by atoms with van der Waals surface area (Å²) < 4.78 is 0. The summed E-state index contributed by atoms with van der Waals surface area (Å²) in [7, 11) is 0. The molecule has 0 bridgehead atoms. The minimum absolute atomic E-state index is 0.00816. The Labute approximate surface area is 160 Å². The molecule has 2 N–H and O–H groups in total. The number of rotatable bonds is 9. The molecule has 134 valence electrons. The zero-order chi connectivity index (χ0) is 17.7. The molecule has 1 fully saturated rings. The number of aliphatic hydroxyl groups excluding tert-OH is 1. The molecule has 2 aromatic carbocycles. The molecule has 0 radical (unpaired) electrons. The van der Waals surface area contributed by atoms with E-state index in [4.69, 9.17) is 11.6 Å². The van der Waals surface area contributed by atoms with Crippen molar-refractivity contribution >= 4 is 23.4 Å². The maximum absolute atomic E-state index is 9.35. The maximum Gasteiger partial charge on any atom is 0.0625 e. The third kappa shape index (κ3) is 5.24. The van der Waals surface area contributed by atoms with Gasteiger partial charge in [-0.15, -0.1) is 0 Å². The van der Waals surface area contributed by atoms with Gasteiger partial charge in [0.2, 0.25) is 0 Å². The van der Waals surface area contributed by atoms with Crippen molar-refractivity contribution in [2.45, 2.75) is 54.4 Å². The molecule has 1 aliphatic heterocycles. The highest BCUT2D eigenvalue weighted by atomic mass is 35.5. The Bertz CT molecular complexity index is 715. The van der Waals surface area contributed by atoms with E-state index in [0.717, 1.165) is 37.3 Å². The molecule has 0 aliphatic carbocycles. The van der Waals surface area contributed by atoms with Crippen LogP contribution < -0.4 is 5.32 Å². The van der Waals surface area contributed by atoms with Crippen LogP contribution in [0.3, 0.4) is 0 Å². The summed E-state index contributed by atoms with van der Waals surface area (Å²) in [5.74, 6) is 0. The van der Waals surface area contributed by atoms with Crippen molar-refractivity contribution in [2.24, 2.45) is 0 Å². The van der Waals surface area contributed by atoms with Gasteiger partial charge in [-0.05, 0) is 61.1 Å². The fraction of sp³-hybridized carbons (Fsp3) is 0.429. The molecule has 1 unspecified atom stereocenters. The van der Waals surface area contributed by atoms with E-state index < -0.39 is 0 Å². The van der Waals surface area contributed by atoms with Gasteiger partial charge in [0.15, 0.2) is 0 Å². The highest BCUT2D eigenvalue weighted by Crippen LogP contribution is 2.32. The van der Waals surface area contributed by atoms with Crippen LogP contribution in [0.5, 0.6) is 0 Å². The molecule has 0 amide bonds. The van der Waals surface area contributed by atoms with Crippen LogP contribution in [0.15, 0.2) is 52.3 Å². The van der Waals surface area contributed by atoms with E-state index in [1.165, 1.54) is 27.3 Å². The summed E-state index contributed by atoms with van der Waals surface area (Å²) in [5.41, 5.74) is 2.58. The van der Waals surface area contributed by atoms with E-state index in [9.17, 15) is 5.11 Å². The Kier molecular flexibility index (Phi) is 6.45. The molecule has 0 aromatic heterocycles. The van der Waals surface area contributed by atoms with Crippen LogP contribution >= 0.6 is 23.4 Å². The number of benzene rings is 2. The molecule has 1 heterocycles. The van der Waals surface area contributed by atoms with Crippen LogP contribution in [0.4, 0.5) is 0 Å². The number of aryl methyl sites for hydroxylation is 2. The van der Waals surface area contributed by atoms with Crippen molar-refractivity contribution in [1.29, 1.82) is 0 Å². The second kappa shape index (κ2) is 8.59. The second-order valence-electron chi connectivity index (χ2n) is 6.90. The lowest BCUT2D eigenvalue weighted by atomic mass is 10.0. The standard InChI is InChI=1S/C21H26ClNOS/c1-2-5-16-6-3-8-18(12-16)25-19-10-9-17(20(22)13-19)7-4-11-21(15-24)14-23-21/h3,6,8-10,12-13,23-24H,2,4-5,7,11,14-15H2,1H3. The first-order valence-electron chi connectivity index (χ1n) is 9.05. The summed E-state index contributed by atoms with van der Waals surface area (Å²) in [6.07, 6.45) is 5.29. The minimum Gasteiger partial charge on any atom is -0.394 e. The predicted molar refractivity (Wildman–Crippen MR) is 107 cm³/mol. The largest absolute Gasteiger partial charge is 0.394 e. The molecule has 1 atom stereocenters. The van der Waals surface area contributed by atoms with Crippen molar-refractivity contribution in [3.63, 3.8) is 0 Å². The SMILES string of the molecule is CCCc1cccc(Sc2ccc(CCCC3(CO)CN3)c(Cl)c2)c1. The Morgan fingerprint density at radius 3 is 2.64 bits per heavy atom. The highest BCUT2D eigenvalue weighted by Gasteiger charge is 2.40. The van der Waals surface area contributed by atoms with Gasteiger partial charge in [-0.2, -0.15) is 0 Å². The maximum atomic E-state index is 9.35. The van der Waals surface area contributed by atoms with Crippen LogP contribution in [-0.2, 0) is 12.8 Å². The quantitative estimate of drug-likeness (QED) is 0.599. The number of nitrogens with one attached hydrogen (secondary N) is 1. The molecule has 0 spiro atoms. The summed E-state index contributed by atoms with van der Waals surface area (Å²) in [4.78, 5) is 2.44. The van der Waals surface area contributed by atoms with Gasteiger partial charge in [-0.1, -0.05) is 54.9 Å². The van der Waals surface area contributed by atoms with Crippen LogP contribution in [0.25, 0.3) is 0 Å². The normalized spacial score (nSPS) is 19.2. The average Bonchev–Trinajstić information content (AvgIpc) is 3.38. The molecule has 2 aromatic rings. The molecule has 25 heavy (non-hydrogen) atoms. The fourth-order valence-electron chi connectivity index (χ4n) is 3.09. The van der Waals surface area contributed by atoms with E-state index in [0.29, 0.717) is 0 Å². The number of hydrogen-bond donors (Lipinski definition) is 2. The third-order valence-corrected chi connectivity index (χ3v) is 6.11. The first-order chi connectivity index (χ1) is 12.1. The van der Waals surface area contributed by atoms with Crippen molar-refractivity contribution in [1.82, 2.24) is 5.32 Å². The molecule has 1 saturated heterocycles. The second-order valence-corrected chi connectivity index (χ2v) is 8.45. The molecular formula is C21H26ClNOS. The van der Waals surface area contributed by atoms with Gasteiger partial charge < -0.3 is 10.4 Å².